The van der Waals surface area contributed by atoms with Gasteiger partial charge in [-0.25, -0.2) is 4.79 Å². The number of rotatable bonds is 9. The Kier molecular flexibility index (Phi) is 6.79. The highest BCUT2D eigenvalue weighted by Crippen LogP contribution is 2.46. The molecule has 1 aromatic heterocycles. The van der Waals surface area contributed by atoms with Crippen molar-refractivity contribution in [2.45, 2.75) is 10.9 Å². The van der Waals surface area contributed by atoms with E-state index in [-0.39, 0.29) is 17.8 Å². The third-order valence-corrected chi connectivity index (χ3v) is 5.95. The van der Waals surface area contributed by atoms with Gasteiger partial charge < -0.3 is 19.3 Å². The number of nitrogens with zero attached hydrogens (tertiary/aromatic N) is 2. The molecule has 30 heavy (non-hydrogen) atoms. The second-order valence-corrected chi connectivity index (χ2v) is 7.30. The average Bonchev–Trinajstić information content (AvgIpc) is 2.80. The number of thioether (sulfide) groups is 1. The largest absolute Gasteiger partial charge is 0.481 e. The highest BCUT2D eigenvalue weighted by Gasteiger charge is 2.48. The van der Waals surface area contributed by atoms with Gasteiger partial charge in [0.15, 0.2) is 0 Å². The molecule has 3 aromatic rings. The number of hydrogen-bond donors (Lipinski definition) is 1. The Morgan fingerprint density at radius 3 is 1.77 bits per heavy atom. The molecule has 1 unspecified atom stereocenters. The van der Waals surface area contributed by atoms with Gasteiger partial charge in [0.25, 0.3) is 0 Å². The molecule has 0 aliphatic rings. The molecule has 8 heteroatoms. The number of hydrogen-bond acceptors (Lipinski definition) is 7. The number of aliphatic carboxylic acids is 1. The van der Waals surface area contributed by atoms with Gasteiger partial charge in [0, 0.05) is 0 Å². The Bertz CT molecular complexity index is 924. The molecule has 0 fully saturated rings. The molecular formula is C22H22N2O5S. The van der Waals surface area contributed by atoms with E-state index in [1.165, 1.54) is 32.0 Å². The fourth-order valence-electron chi connectivity index (χ4n) is 3.24. The van der Waals surface area contributed by atoms with E-state index in [1.54, 1.807) is 0 Å². The minimum Gasteiger partial charge on any atom is -0.481 e. The molecule has 1 N–H and O–H groups in total. The van der Waals surface area contributed by atoms with Crippen molar-refractivity contribution in [1.29, 1.82) is 0 Å². The summed E-state index contributed by atoms with van der Waals surface area (Å²) in [6.45, 7) is 0. The Morgan fingerprint density at radius 1 is 0.933 bits per heavy atom. The molecule has 0 spiro atoms. The zero-order chi connectivity index (χ0) is 21.6. The van der Waals surface area contributed by atoms with Gasteiger partial charge in [0.05, 0.1) is 20.3 Å². The number of carboxylic acids is 1. The minimum atomic E-state index is -1.34. The average molecular weight is 426 g/mol. The molecule has 1 atom stereocenters. The number of benzene rings is 2. The van der Waals surface area contributed by atoms with E-state index in [9.17, 15) is 9.90 Å². The van der Waals surface area contributed by atoms with Crippen molar-refractivity contribution in [3.8, 4) is 17.8 Å². The van der Waals surface area contributed by atoms with Gasteiger partial charge in [-0.05, 0) is 17.4 Å². The van der Waals surface area contributed by atoms with Crippen molar-refractivity contribution in [3.63, 3.8) is 0 Å². The van der Waals surface area contributed by atoms with Crippen LogP contribution >= 0.6 is 11.8 Å². The summed E-state index contributed by atoms with van der Waals surface area (Å²) in [5.41, 5.74) is 1.57. The molecule has 2 aromatic carbocycles. The van der Waals surface area contributed by atoms with Crippen LogP contribution < -0.4 is 14.2 Å². The van der Waals surface area contributed by atoms with E-state index >= 15 is 0 Å². The quantitative estimate of drug-likeness (QED) is 0.555. The normalized spacial score (nSPS) is 12.1. The van der Waals surface area contributed by atoms with Crippen LogP contribution in [-0.4, -0.2) is 47.6 Å². The van der Waals surface area contributed by atoms with E-state index < -0.39 is 16.8 Å². The monoisotopic (exact) mass is 426 g/mol. The van der Waals surface area contributed by atoms with Crippen molar-refractivity contribution in [3.05, 3.63) is 77.9 Å². The minimum absolute atomic E-state index is 0.149. The molecular weight excluding hydrogens is 404 g/mol. The smallest absolute Gasteiger partial charge is 0.347 e. The van der Waals surface area contributed by atoms with Crippen molar-refractivity contribution < 1.29 is 24.1 Å². The predicted octanol–water partition coefficient (Wildman–Crippen LogP) is 3.63. The maximum Gasteiger partial charge on any atom is 0.347 e. The van der Waals surface area contributed by atoms with E-state index in [2.05, 4.69) is 9.97 Å². The zero-order valence-electron chi connectivity index (χ0n) is 16.8. The molecule has 0 radical (unpaired) electrons. The molecule has 7 nitrogen and oxygen atoms in total. The van der Waals surface area contributed by atoms with Crippen LogP contribution in [0.4, 0.5) is 0 Å². The topological polar surface area (TPSA) is 90.8 Å². The molecule has 0 aliphatic carbocycles. The molecule has 156 valence electrons. The number of aromatic nitrogens is 2. The number of ether oxygens (including phenoxy) is 3. The van der Waals surface area contributed by atoms with Gasteiger partial charge in [-0.2, -0.15) is 9.97 Å². The van der Waals surface area contributed by atoms with Crippen LogP contribution in [0.25, 0.3) is 0 Å². The first-order valence-corrected chi connectivity index (χ1v) is 10.3. The Labute approximate surface area is 179 Å². The summed E-state index contributed by atoms with van der Waals surface area (Å²) in [5, 5.41) is 10.2. The Morgan fingerprint density at radius 2 is 1.40 bits per heavy atom. The Balaban J connectivity index is 2.18. The summed E-state index contributed by atoms with van der Waals surface area (Å²) in [5.74, 6) is -0.743. The maximum atomic E-state index is 12.5. The van der Waals surface area contributed by atoms with Gasteiger partial charge in [0.1, 0.15) is 4.75 Å². The number of carboxylic acid groups (broad SMARTS) is 1. The maximum absolute atomic E-state index is 12.5. The fourth-order valence-corrected chi connectivity index (χ4v) is 4.35. The van der Waals surface area contributed by atoms with Crippen molar-refractivity contribution >= 4 is 17.7 Å². The first kappa shape index (κ1) is 21.4. The summed E-state index contributed by atoms with van der Waals surface area (Å²) in [6.07, 6.45) is 0.515. The van der Waals surface area contributed by atoms with E-state index in [0.717, 1.165) is 11.1 Å². The van der Waals surface area contributed by atoms with Crippen molar-refractivity contribution in [2.75, 3.05) is 20.5 Å². The number of carbonyl (C=O) groups is 1. The lowest BCUT2D eigenvalue weighted by Gasteiger charge is -2.37. The van der Waals surface area contributed by atoms with Crippen LogP contribution in [0.15, 0.2) is 66.7 Å². The lowest BCUT2D eigenvalue weighted by atomic mass is 9.85. The molecule has 0 saturated heterocycles. The van der Waals surface area contributed by atoms with Crippen LogP contribution in [0.1, 0.15) is 11.1 Å². The van der Waals surface area contributed by atoms with Crippen LogP contribution in [-0.2, 0) is 9.54 Å². The van der Waals surface area contributed by atoms with Crippen LogP contribution in [0.5, 0.6) is 17.8 Å². The lowest BCUT2D eigenvalue weighted by Crippen LogP contribution is -2.47. The molecule has 3 rings (SSSR count). The molecule has 0 amide bonds. The predicted molar refractivity (Wildman–Crippen MR) is 114 cm³/mol. The molecule has 0 bridgehead atoms. The summed E-state index contributed by atoms with van der Waals surface area (Å²) < 4.78 is 15.2. The standard InChI is InChI=1S/C22H22N2O5S/c1-27-17-14-18(28-2)24-21(23-17)29-19(20(25)26)22(30-3,15-10-6-4-7-11-15)16-12-8-5-9-13-16/h4-14,19H,1-3H3,(H,25,26). The summed E-state index contributed by atoms with van der Waals surface area (Å²) >= 11 is 1.38. The van der Waals surface area contributed by atoms with Gasteiger partial charge in [-0.3, -0.25) is 0 Å². The van der Waals surface area contributed by atoms with Crippen LogP contribution in [0.2, 0.25) is 0 Å². The van der Waals surface area contributed by atoms with E-state index in [4.69, 9.17) is 14.2 Å². The SMILES string of the molecule is COc1cc(OC)nc(OC(C(=O)O)C(SC)(c2ccccc2)c2ccccc2)n1. The van der Waals surface area contributed by atoms with Crippen LogP contribution in [0.3, 0.4) is 0 Å². The van der Waals surface area contributed by atoms with Crippen LogP contribution in [0, 0.1) is 0 Å². The van der Waals surface area contributed by atoms with Crippen molar-refractivity contribution in [2.24, 2.45) is 0 Å². The summed E-state index contributed by atoms with van der Waals surface area (Å²) in [6, 6.07) is 20.1. The molecule has 1 heterocycles. The summed E-state index contributed by atoms with van der Waals surface area (Å²) in [4.78, 5) is 20.8. The van der Waals surface area contributed by atoms with Gasteiger partial charge >= 0.3 is 12.0 Å². The molecule has 0 aliphatic heterocycles. The highest BCUT2D eigenvalue weighted by atomic mass is 32.2. The van der Waals surface area contributed by atoms with Crippen molar-refractivity contribution in [1.82, 2.24) is 9.97 Å². The fraction of sp³-hybridized carbons (Fsp3) is 0.227. The lowest BCUT2D eigenvalue weighted by molar-refractivity contribution is -0.146. The Hall–Kier alpha value is -3.26. The third kappa shape index (κ3) is 4.18. The second-order valence-electron chi connectivity index (χ2n) is 6.24. The second kappa shape index (κ2) is 9.49. The first-order chi connectivity index (χ1) is 14.5. The summed E-state index contributed by atoms with van der Waals surface area (Å²) in [7, 11) is 2.89. The van der Waals surface area contributed by atoms with Gasteiger partial charge in [-0.1, -0.05) is 60.7 Å². The molecule has 0 saturated carbocycles. The van der Waals surface area contributed by atoms with E-state index in [0.29, 0.717) is 0 Å². The first-order valence-electron chi connectivity index (χ1n) is 9.08. The zero-order valence-corrected chi connectivity index (χ0v) is 17.6. The number of methoxy groups -OCH3 is 2. The van der Waals surface area contributed by atoms with E-state index in [1.807, 2.05) is 66.9 Å². The van der Waals surface area contributed by atoms with Gasteiger partial charge in [-0.15, -0.1) is 11.8 Å². The highest BCUT2D eigenvalue weighted by molar-refractivity contribution is 7.99. The third-order valence-electron chi connectivity index (χ3n) is 4.62. The van der Waals surface area contributed by atoms with Gasteiger partial charge in [0.2, 0.25) is 17.9 Å².